The van der Waals surface area contributed by atoms with E-state index < -0.39 is 5.97 Å². The molecule has 0 heterocycles. The fourth-order valence-electron chi connectivity index (χ4n) is 3.48. The average Bonchev–Trinajstić information content (AvgIpc) is 3.00. The molecule has 28 heavy (non-hydrogen) atoms. The van der Waals surface area contributed by atoms with Gasteiger partial charge in [0.2, 0.25) is 5.78 Å². The number of ketones is 2. The molecule has 4 heteroatoms. The van der Waals surface area contributed by atoms with E-state index in [4.69, 9.17) is 4.74 Å². The number of fused-ring (bicyclic) bond motifs is 3. The molecule has 3 aromatic rings. The predicted molar refractivity (Wildman–Crippen MR) is 106 cm³/mol. The molecule has 138 valence electrons. The summed E-state index contributed by atoms with van der Waals surface area (Å²) in [6.45, 7) is 3.44. The van der Waals surface area contributed by atoms with E-state index in [-0.39, 0.29) is 18.2 Å². The molecular weight excluding hydrogens is 352 g/mol. The molecule has 0 spiro atoms. The molecular formula is C24H18O4. The average molecular weight is 370 g/mol. The summed E-state index contributed by atoms with van der Waals surface area (Å²) in [5.74, 6) is -0.870. The largest absolute Gasteiger partial charge is 0.454 e. The van der Waals surface area contributed by atoms with Crippen LogP contribution >= 0.6 is 0 Å². The predicted octanol–water partition coefficient (Wildman–Crippen LogP) is 4.55. The molecule has 0 bridgehead atoms. The van der Waals surface area contributed by atoms with E-state index in [1.165, 1.54) is 0 Å². The summed E-state index contributed by atoms with van der Waals surface area (Å²) < 4.78 is 5.24. The monoisotopic (exact) mass is 370 g/mol. The molecule has 0 aromatic heterocycles. The van der Waals surface area contributed by atoms with Crippen molar-refractivity contribution in [3.63, 3.8) is 0 Å². The Morgan fingerprint density at radius 3 is 2.32 bits per heavy atom. The van der Waals surface area contributed by atoms with Gasteiger partial charge in [-0.15, -0.1) is 0 Å². The number of hydrogen-bond donors (Lipinski definition) is 0. The van der Waals surface area contributed by atoms with Crippen molar-refractivity contribution < 1.29 is 19.1 Å². The number of carbonyl (C=O) groups is 3. The second-order valence-electron chi connectivity index (χ2n) is 6.95. The number of Topliss-reactive ketones (excluding diaryl/α,β-unsaturated/α-hetero) is 1. The molecule has 0 N–H and O–H groups in total. The van der Waals surface area contributed by atoms with E-state index in [1.807, 2.05) is 44.2 Å². The van der Waals surface area contributed by atoms with Gasteiger partial charge in [-0.25, -0.2) is 4.79 Å². The molecule has 0 amide bonds. The van der Waals surface area contributed by atoms with Gasteiger partial charge in [-0.05, 0) is 54.8 Å². The van der Waals surface area contributed by atoms with E-state index in [2.05, 4.69) is 0 Å². The first-order chi connectivity index (χ1) is 13.5. The summed E-state index contributed by atoms with van der Waals surface area (Å²) in [5.41, 5.74) is 5.43. The number of aryl methyl sites for hydroxylation is 2. The lowest BCUT2D eigenvalue weighted by molar-refractivity contribution is 0.0474. The van der Waals surface area contributed by atoms with Gasteiger partial charge in [-0.3, -0.25) is 9.59 Å². The molecule has 0 unspecified atom stereocenters. The van der Waals surface area contributed by atoms with Crippen LogP contribution in [0.4, 0.5) is 0 Å². The maximum absolute atomic E-state index is 12.5. The highest BCUT2D eigenvalue weighted by molar-refractivity contribution is 6.22. The van der Waals surface area contributed by atoms with Crippen LogP contribution in [-0.4, -0.2) is 24.1 Å². The lowest BCUT2D eigenvalue weighted by Gasteiger charge is -2.08. The van der Waals surface area contributed by atoms with E-state index >= 15 is 0 Å². The summed E-state index contributed by atoms with van der Waals surface area (Å²) in [6, 6.07) is 17.8. The van der Waals surface area contributed by atoms with Crippen LogP contribution in [-0.2, 0) is 4.74 Å². The van der Waals surface area contributed by atoms with Crippen molar-refractivity contribution in [1.82, 2.24) is 0 Å². The van der Waals surface area contributed by atoms with Crippen LogP contribution in [0.2, 0.25) is 0 Å². The third-order valence-corrected chi connectivity index (χ3v) is 4.99. The Hall–Kier alpha value is -3.53. The zero-order valence-electron chi connectivity index (χ0n) is 15.6. The molecule has 0 fully saturated rings. The third kappa shape index (κ3) is 3.03. The molecule has 1 aliphatic rings. The Morgan fingerprint density at radius 1 is 0.821 bits per heavy atom. The lowest BCUT2D eigenvalue weighted by Crippen LogP contribution is -2.15. The molecule has 4 nitrogen and oxygen atoms in total. The molecule has 0 aliphatic heterocycles. The number of rotatable bonds is 4. The SMILES string of the molecule is Cc1ccc(C)c(C(=O)COC(=O)c2ccc3c(c2)-c2ccccc2C3=O)c1. The summed E-state index contributed by atoms with van der Waals surface area (Å²) in [4.78, 5) is 37.3. The Bertz CT molecular complexity index is 1140. The van der Waals surface area contributed by atoms with Gasteiger partial charge >= 0.3 is 5.97 Å². The fraction of sp³-hybridized carbons (Fsp3) is 0.125. The summed E-state index contributed by atoms with van der Waals surface area (Å²) >= 11 is 0. The Kier molecular flexibility index (Phi) is 4.40. The van der Waals surface area contributed by atoms with Gasteiger partial charge in [0.25, 0.3) is 0 Å². The third-order valence-electron chi connectivity index (χ3n) is 4.99. The highest BCUT2D eigenvalue weighted by Crippen LogP contribution is 2.36. The minimum absolute atomic E-state index is 0.0457. The maximum Gasteiger partial charge on any atom is 0.338 e. The van der Waals surface area contributed by atoms with Crippen LogP contribution in [0.3, 0.4) is 0 Å². The van der Waals surface area contributed by atoms with E-state index in [1.54, 1.807) is 30.3 Å². The zero-order chi connectivity index (χ0) is 19.8. The molecule has 4 rings (SSSR count). The van der Waals surface area contributed by atoms with Crippen molar-refractivity contribution in [2.24, 2.45) is 0 Å². The summed E-state index contributed by atoms with van der Waals surface area (Å²) in [6.07, 6.45) is 0. The van der Waals surface area contributed by atoms with Crippen LogP contribution in [0.25, 0.3) is 11.1 Å². The second-order valence-corrected chi connectivity index (χ2v) is 6.95. The Balaban J connectivity index is 1.54. The van der Waals surface area contributed by atoms with Gasteiger partial charge < -0.3 is 4.74 Å². The van der Waals surface area contributed by atoms with Gasteiger partial charge in [0, 0.05) is 16.7 Å². The first kappa shape index (κ1) is 17.9. The van der Waals surface area contributed by atoms with Crippen molar-refractivity contribution in [2.75, 3.05) is 6.61 Å². The zero-order valence-corrected chi connectivity index (χ0v) is 15.6. The number of esters is 1. The van der Waals surface area contributed by atoms with E-state index in [0.29, 0.717) is 22.3 Å². The van der Waals surface area contributed by atoms with Crippen molar-refractivity contribution in [2.45, 2.75) is 13.8 Å². The first-order valence-corrected chi connectivity index (χ1v) is 9.01. The van der Waals surface area contributed by atoms with Gasteiger partial charge in [-0.1, -0.05) is 42.0 Å². The molecule has 0 saturated heterocycles. The standard InChI is InChI=1S/C24H18O4/c1-14-7-8-15(2)20(11-14)22(25)13-28-24(27)16-9-10-19-21(12-16)17-5-3-4-6-18(17)23(19)26/h3-12H,13H2,1-2H3. The molecule has 0 atom stereocenters. The smallest absolute Gasteiger partial charge is 0.338 e. The van der Waals surface area contributed by atoms with Crippen LogP contribution in [0.5, 0.6) is 0 Å². The number of carbonyl (C=O) groups excluding carboxylic acids is 3. The highest BCUT2D eigenvalue weighted by atomic mass is 16.5. The first-order valence-electron chi connectivity index (χ1n) is 9.01. The quantitative estimate of drug-likeness (QED) is 0.390. The van der Waals surface area contributed by atoms with E-state index in [9.17, 15) is 14.4 Å². The molecule has 1 aliphatic carbocycles. The number of hydrogen-bond acceptors (Lipinski definition) is 4. The van der Waals surface area contributed by atoms with Crippen LogP contribution in [0, 0.1) is 13.8 Å². The van der Waals surface area contributed by atoms with Crippen molar-refractivity contribution >= 4 is 17.5 Å². The Labute approximate surface area is 162 Å². The van der Waals surface area contributed by atoms with Crippen LogP contribution in [0.15, 0.2) is 60.7 Å². The molecule has 0 radical (unpaired) electrons. The molecule has 0 saturated carbocycles. The van der Waals surface area contributed by atoms with Gasteiger partial charge in [0.1, 0.15) is 0 Å². The highest BCUT2D eigenvalue weighted by Gasteiger charge is 2.27. The van der Waals surface area contributed by atoms with Crippen molar-refractivity contribution in [1.29, 1.82) is 0 Å². The number of benzene rings is 3. The minimum Gasteiger partial charge on any atom is -0.454 e. The van der Waals surface area contributed by atoms with Gasteiger partial charge in [0.15, 0.2) is 12.4 Å². The van der Waals surface area contributed by atoms with Gasteiger partial charge in [0.05, 0.1) is 5.56 Å². The normalized spacial score (nSPS) is 11.7. The fourth-order valence-corrected chi connectivity index (χ4v) is 3.48. The number of ether oxygens (including phenoxy) is 1. The van der Waals surface area contributed by atoms with Crippen molar-refractivity contribution in [3.8, 4) is 11.1 Å². The summed E-state index contributed by atoms with van der Waals surface area (Å²) in [5, 5.41) is 0. The second kappa shape index (κ2) is 6.89. The summed E-state index contributed by atoms with van der Waals surface area (Å²) in [7, 11) is 0. The lowest BCUT2D eigenvalue weighted by atomic mass is 10.0. The van der Waals surface area contributed by atoms with Gasteiger partial charge in [-0.2, -0.15) is 0 Å². The Morgan fingerprint density at radius 2 is 1.54 bits per heavy atom. The van der Waals surface area contributed by atoms with Crippen LogP contribution < -0.4 is 0 Å². The van der Waals surface area contributed by atoms with Crippen molar-refractivity contribution in [3.05, 3.63) is 94.0 Å². The molecule has 3 aromatic carbocycles. The maximum atomic E-state index is 12.5. The topological polar surface area (TPSA) is 60.4 Å². The van der Waals surface area contributed by atoms with Crippen LogP contribution in [0.1, 0.15) is 47.8 Å². The minimum atomic E-state index is -0.585. The van der Waals surface area contributed by atoms with E-state index in [0.717, 1.165) is 22.3 Å².